The summed E-state index contributed by atoms with van der Waals surface area (Å²) in [5.74, 6) is 1.51. The van der Waals surface area contributed by atoms with Gasteiger partial charge in [0.05, 0.1) is 18.5 Å². The van der Waals surface area contributed by atoms with E-state index in [1.165, 1.54) is 0 Å². The zero-order valence-corrected chi connectivity index (χ0v) is 16.4. The number of amides is 1. The summed E-state index contributed by atoms with van der Waals surface area (Å²) >= 11 is 6.25. The van der Waals surface area contributed by atoms with Crippen LogP contribution in [0.15, 0.2) is 49.3 Å². The normalized spacial score (nSPS) is 16.7. The van der Waals surface area contributed by atoms with Crippen LogP contribution in [0.4, 0.5) is 0 Å². The fourth-order valence-electron chi connectivity index (χ4n) is 3.49. The van der Waals surface area contributed by atoms with E-state index in [1.54, 1.807) is 29.7 Å². The first-order valence-corrected chi connectivity index (χ1v) is 9.67. The van der Waals surface area contributed by atoms with Gasteiger partial charge in [-0.1, -0.05) is 11.6 Å². The Kier molecular flexibility index (Phi) is 5.34. The van der Waals surface area contributed by atoms with Crippen LogP contribution in [0.2, 0.25) is 5.02 Å². The number of aromatic nitrogens is 4. The molecule has 0 radical (unpaired) electrons. The topological polar surface area (TPSA) is 65.2 Å². The maximum atomic E-state index is 12.5. The summed E-state index contributed by atoms with van der Waals surface area (Å²) in [6.07, 6.45) is 10.7. The highest BCUT2D eigenvalue weighted by molar-refractivity contribution is 6.30. The van der Waals surface area contributed by atoms with Crippen molar-refractivity contribution in [1.82, 2.24) is 24.0 Å². The second-order valence-electron chi connectivity index (χ2n) is 6.87. The van der Waals surface area contributed by atoms with Crippen molar-refractivity contribution in [2.24, 2.45) is 0 Å². The number of carbonyl (C=O) groups excluding carboxylic acids is 1. The van der Waals surface area contributed by atoms with E-state index in [-0.39, 0.29) is 11.9 Å². The second kappa shape index (κ2) is 8.06. The first-order chi connectivity index (χ1) is 13.6. The summed E-state index contributed by atoms with van der Waals surface area (Å²) in [5.41, 5.74) is 0.794. The molecule has 1 unspecified atom stereocenters. The number of hydrogen-bond acceptors (Lipinski definition) is 4. The van der Waals surface area contributed by atoms with Crippen molar-refractivity contribution >= 4 is 17.5 Å². The van der Waals surface area contributed by atoms with Crippen LogP contribution in [-0.2, 0) is 11.3 Å². The van der Waals surface area contributed by atoms with Gasteiger partial charge < -0.3 is 18.8 Å². The van der Waals surface area contributed by atoms with E-state index in [2.05, 4.69) is 9.97 Å². The molecule has 1 atom stereocenters. The maximum Gasteiger partial charge on any atom is 0.245 e. The molecule has 3 aromatic rings. The molecular weight excluding hydrogens is 378 g/mol. The Morgan fingerprint density at radius 1 is 1.29 bits per heavy atom. The molecule has 2 aromatic heterocycles. The van der Waals surface area contributed by atoms with Gasteiger partial charge >= 0.3 is 0 Å². The van der Waals surface area contributed by atoms with Crippen molar-refractivity contribution < 1.29 is 9.53 Å². The van der Waals surface area contributed by atoms with Gasteiger partial charge in [-0.25, -0.2) is 9.97 Å². The molecule has 0 saturated carbocycles. The van der Waals surface area contributed by atoms with E-state index in [0.717, 1.165) is 31.5 Å². The van der Waals surface area contributed by atoms with Crippen molar-refractivity contribution in [2.75, 3.05) is 20.2 Å². The van der Waals surface area contributed by atoms with E-state index < -0.39 is 0 Å². The van der Waals surface area contributed by atoms with Gasteiger partial charge in [0, 0.05) is 49.9 Å². The molecule has 7 nitrogen and oxygen atoms in total. The first-order valence-electron chi connectivity index (χ1n) is 9.30. The largest absolute Gasteiger partial charge is 0.493 e. The summed E-state index contributed by atoms with van der Waals surface area (Å²) in [6.45, 7) is 2.13. The quantitative estimate of drug-likeness (QED) is 0.572. The number of carbonyl (C=O) groups is 1. The highest BCUT2D eigenvalue weighted by atomic mass is 35.5. The van der Waals surface area contributed by atoms with E-state index in [0.29, 0.717) is 23.2 Å². The van der Waals surface area contributed by atoms with Crippen LogP contribution in [0.1, 0.15) is 18.9 Å². The van der Waals surface area contributed by atoms with Gasteiger partial charge in [0.1, 0.15) is 17.6 Å². The number of halogens is 1. The fraction of sp³-hybridized carbons (Fsp3) is 0.350. The molecule has 8 heteroatoms. The van der Waals surface area contributed by atoms with E-state index in [9.17, 15) is 4.79 Å². The van der Waals surface area contributed by atoms with Crippen LogP contribution < -0.4 is 4.74 Å². The number of rotatable bonds is 7. The minimum atomic E-state index is -0.240. The van der Waals surface area contributed by atoms with Crippen molar-refractivity contribution in [2.45, 2.75) is 25.4 Å². The van der Waals surface area contributed by atoms with Crippen molar-refractivity contribution in [1.29, 1.82) is 0 Å². The number of likely N-dealkylation sites (tertiary alicyclic amines) is 1. The highest BCUT2D eigenvalue weighted by Crippen LogP contribution is 2.35. The third-order valence-corrected chi connectivity index (χ3v) is 5.20. The lowest BCUT2D eigenvalue weighted by Crippen LogP contribution is -2.24. The molecule has 1 aliphatic heterocycles. The van der Waals surface area contributed by atoms with E-state index in [1.807, 2.05) is 40.7 Å². The lowest BCUT2D eigenvalue weighted by Gasteiger charge is -2.17. The minimum absolute atomic E-state index is 0.101. The summed E-state index contributed by atoms with van der Waals surface area (Å²) in [5, 5.41) is 0.602. The molecule has 4 rings (SSSR count). The molecule has 1 saturated heterocycles. The number of imidazole rings is 2. The molecule has 0 bridgehead atoms. The highest BCUT2D eigenvalue weighted by Gasteiger charge is 2.32. The smallest absolute Gasteiger partial charge is 0.245 e. The lowest BCUT2D eigenvalue weighted by molar-refractivity contribution is -0.129. The number of hydrogen-bond donors (Lipinski definition) is 0. The molecule has 1 fully saturated rings. The van der Waals surface area contributed by atoms with Crippen molar-refractivity contribution in [3.8, 4) is 17.1 Å². The number of likely N-dealkylation sites (N-methyl/N-ethyl adjacent to an activating group) is 1. The van der Waals surface area contributed by atoms with Crippen molar-refractivity contribution in [3.63, 3.8) is 0 Å². The monoisotopic (exact) mass is 399 g/mol. The Balaban J connectivity index is 1.54. The van der Waals surface area contributed by atoms with Gasteiger partial charge in [-0.05, 0) is 31.0 Å². The van der Waals surface area contributed by atoms with Crippen molar-refractivity contribution in [3.05, 3.63) is 54.3 Å². The summed E-state index contributed by atoms with van der Waals surface area (Å²) in [4.78, 5) is 22.8. The first kappa shape index (κ1) is 18.6. The molecule has 146 valence electrons. The summed E-state index contributed by atoms with van der Waals surface area (Å²) in [7, 11) is 1.83. The molecule has 3 heterocycles. The Morgan fingerprint density at radius 3 is 2.93 bits per heavy atom. The van der Waals surface area contributed by atoms with Gasteiger partial charge in [0.25, 0.3) is 0 Å². The molecular formula is C20H22ClN5O2. The van der Waals surface area contributed by atoms with Crippen LogP contribution in [0.5, 0.6) is 5.75 Å². The van der Waals surface area contributed by atoms with Gasteiger partial charge in [0.2, 0.25) is 5.91 Å². The van der Waals surface area contributed by atoms with Gasteiger partial charge in [0.15, 0.2) is 0 Å². The standard InChI is InChI=1S/C20H22ClN5O2/c1-24-9-5-17(20(24)27)26-11-7-23-19(26)16-13-15(21)3-4-18(16)28-12-2-8-25-10-6-22-14-25/h3-4,6-7,10-11,13-14,17H,2,5,8-9,12H2,1H3. The zero-order chi connectivity index (χ0) is 19.5. The molecule has 0 N–H and O–H groups in total. The summed E-state index contributed by atoms with van der Waals surface area (Å²) < 4.78 is 9.98. The van der Waals surface area contributed by atoms with Gasteiger partial charge in [-0.3, -0.25) is 4.79 Å². The van der Waals surface area contributed by atoms with Crippen LogP contribution in [0.3, 0.4) is 0 Å². The zero-order valence-electron chi connectivity index (χ0n) is 15.7. The summed E-state index contributed by atoms with van der Waals surface area (Å²) in [6, 6.07) is 5.26. The average Bonchev–Trinajstić information content (AvgIpc) is 3.43. The second-order valence-corrected chi connectivity index (χ2v) is 7.30. The third-order valence-electron chi connectivity index (χ3n) is 4.96. The minimum Gasteiger partial charge on any atom is -0.493 e. The number of ether oxygens (including phenoxy) is 1. The lowest BCUT2D eigenvalue weighted by atomic mass is 10.1. The Bertz CT molecular complexity index is 953. The number of benzene rings is 1. The molecule has 1 amide bonds. The Labute approximate surface area is 168 Å². The molecule has 1 aliphatic rings. The Hall–Kier alpha value is -2.80. The van der Waals surface area contributed by atoms with Crippen LogP contribution in [0.25, 0.3) is 11.4 Å². The van der Waals surface area contributed by atoms with Gasteiger partial charge in [-0.2, -0.15) is 0 Å². The molecule has 0 spiro atoms. The maximum absolute atomic E-state index is 12.5. The van der Waals surface area contributed by atoms with Gasteiger partial charge in [-0.15, -0.1) is 0 Å². The van der Waals surface area contributed by atoms with E-state index in [4.69, 9.17) is 16.3 Å². The van der Waals surface area contributed by atoms with Crippen LogP contribution in [0, 0.1) is 0 Å². The predicted molar refractivity (Wildman–Crippen MR) is 106 cm³/mol. The average molecular weight is 400 g/mol. The number of nitrogens with zero attached hydrogens (tertiary/aromatic N) is 5. The van der Waals surface area contributed by atoms with Crippen LogP contribution >= 0.6 is 11.6 Å². The molecule has 28 heavy (non-hydrogen) atoms. The number of aryl methyl sites for hydroxylation is 1. The molecule has 0 aliphatic carbocycles. The predicted octanol–water partition coefficient (Wildman–Crippen LogP) is 3.27. The van der Waals surface area contributed by atoms with Crippen LogP contribution in [-0.4, -0.2) is 50.1 Å². The SMILES string of the molecule is CN1CCC(n2ccnc2-c2cc(Cl)ccc2OCCCn2ccnc2)C1=O. The molecule has 1 aromatic carbocycles. The fourth-order valence-corrected chi connectivity index (χ4v) is 3.66. The van der Waals surface area contributed by atoms with E-state index >= 15 is 0 Å². The third kappa shape index (κ3) is 3.75. The Morgan fingerprint density at radius 2 is 2.18 bits per heavy atom.